The third-order valence-electron chi connectivity index (χ3n) is 5.79. The SMILES string of the molecule is Cc1nc(N[C@H]2C[C@H](c3ccc(C(F)(F)F)cc3)C2)nc2c1NC(=O)[C@H](C)N2C. The Hall–Kier alpha value is -2.84. The summed E-state index contributed by atoms with van der Waals surface area (Å²) in [7, 11) is 1.82. The standard InChI is InChI=1S/C20H22F3N5O/c1-10-16-17(28(3)11(2)18(29)26-16)27-19(24-10)25-15-8-13(9-15)12-4-6-14(7-5-12)20(21,22)23/h4-7,11,13,15H,8-9H2,1-3H3,(H,26,29)(H,24,25,27)/t11-,13-,15-/m0/s1. The van der Waals surface area contributed by atoms with E-state index in [0.29, 0.717) is 23.1 Å². The molecule has 0 unspecified atom stereocenters. The lowest BCUT2D eigenvalue weighted by Crippen LogP contribution is -2.45. The molecule has 1 saturated carbocycles. The number of carbonyl (C=O) groups excluding carboxylic acids is 1. The zero-order chi connectivity index (χ0) is 20.9. The molecule has 4 rings (SSSR count). The van der Waals surface area contributed by atoms with Gasteiger partial charge in [-0.15, -0.1) is 0 Å². The maximum Gasteiger partial charge on any atom is 0.416 e. The fraction of sp³-hybridized carbons (Fsp3) is 0.450. The van der Waals surface area contributed by atoms with E-state index >= 15 is 0 Å². The van der Waals surface area contributed by atoms with Crippen LogP contribution in [0.2, 0.25) is 0 Å². The molecule has 0 spiro atoms. The van der Waals surface area contributed by atoms with Gasteiger partial charge < -0.3 is 15.5 Å². The Morgan fingerprint density at radius 1 is 1.17 bits per heavy atom. The summed E-state index contributed by atoms with van der Waals surface area (Å²) in [4.78, 5) is 22.8. The molecule has 0 radical (unpaired) electrons. The summed E-state index contributed by atoms with van der Waals surface area (Å²) in [6.45, 7) is 3.63. The smallest absolute Gasteiger partial charge is 0.351 e. The molecule has 0 saturated heterocycles. The van der Waals surface area contributed by atoms with Crippen LogP contribution in [0.1, 0.15) is 42.5 Å². The van der Waals surface area contributed by atoms with E-state index in [-0.39, 0.29) is 23.9 Å². The zero-order valence-electron chi connectivity index (χ0n) is 16.3. The van der Waals surface area contributed by atoms with Crippen LogP contribution in [0.15, 0.2) is 24.3 Å². The van der Waals surface area contributed by atoms with E-state index in [1.807, 2.05) is 25.8 Å². The van der Waals surface area contributed by atoms with Crippen LogP contribution in [-0.2, 0) is 11.0 Å². The second-order valence-corrected chi connectivity index (χ2v) is 7.74. The second-order valence-electron chi connectivity index (χ2n) is 7.74. The highest BCUT2D eigenvalue weighted by Crippen LogP contribution is 2.40. The quantitative estimate of drug-likeness (QED) is 0.810. The molecule has 2 aliphatic rings. The summed E-state index contributed by atoms with van der Waals surface area (Å²) < 4.78 is 38.1. The number of nitrogens with zero attached hydrogens (tertiary/aromatic N) is 3. The van der Waals surface area contributed by atoms with Gasteiger partial charge in [0, 0.05) is 13.1 Å². The third-order valence-corrected chi connectivity index (χ3v) is 5.79. The molecule has 0 bridgehead atoms. The Bertz CT molecular complexity index is 938. The van der Waals surface area contributed by atoms with Crippen molar-refractivity contribution in [1.82, 2.24) is 9.97 Å². The van der Waals surface area contributed by atoms with Gasteiger partial charge in [-0.05, 0) is 50.3 Å². The fourth-order valence-corrected chi connectivity index (χ4v) is 3.75. The van der Waals surface area contributed by atoms with Gasteiger partial charge in [-0.3, -0.25) is 4.79 Å². The molecule has 1 aromatic heterocycles. The van der Waals surface area contributed by atoms with Gasteiger partial charge in [-0.2, -0.15) is 18.2 Å². The largest absolute Gasteiger partial charge is 0.416 e. The van der Waals surface area contributed by atoms with Crippen LogP contribution >= 0.6 is 0 Å². The molecule has 2 N–H and O–H groups in total. The lowest BCUT2D eigenvalue weighted by molar-refractivity contribution is -0.137. The van der Waals surface area contributed by atoms with Crippen molar-refractivity contribution in [2.45, 2.75) is 50.9 Å². The molecule has 1 amide bonds. The molecule has 2 aromatic rings. The molecule has 9 heteroatoms. The molecule has 1 fully saturated rings. The molecule has 1 atom stereocenters. The van der Waals surface area contributed by atoms with Crippen LogP contribution in [0.4, 0.5) is 30.6 Å². The fourth-order valence-electron chi connectivity index (χ4n) is 3.75. The number of benzene rings is 1. The van der Waals surface area contributed by atoms with Crippen molar-refractivity contribution in [1.29, 1.82) is 0 Å². The number of carbonyl (C=O) groups is 1. The highest BCUT2D eigenvalue weighted by molar-refractivity contribution is 6.03. The number of anilines is 3. The predicted molar refractivity (Wildman–Crippen MR) is 104 cm³/mol. The van der Waals surface area contributed by atoms with Crippen LogP contribution in [0.25, 0.3) is 0 Å². The minimum absolute atomic E-state index is 0.0919. The lowest BCUT2D eigenvalue weighted by atomic mass is 9.76. The highest BCUT2D eigenvalue weighted by Gasteiger charge is 2.34. The van der Waals surface area contributed by atoms with Crippen LogP contribution in [0, 0.1) is 6.92 Å². The number of fused-ring (bicyclic) bond motifs is 1. The summed E-state index contributed by atoms with van der Waals surface area (Å²) in [5.41, 5.74) is 1.59. The van der Waals surface area contributed by atoms with E-state index in [0.717, 1.165) is 30.5 Å². The Balaban J connectivity index is 1.42. The van der Waals surface area contributed by atoms with E-state index in [9.17, 15) is 18.0 Å². The molecule has 1 aliphatic heterocycles. The van der Waals surface area contributed by atoms with Gasteiger partial charge in [0.15, 0.2) is 5.82 Å². The first kappa shape index (κ1) is 19.5. The van der Waals surface area contributed by atoms with Gasteiger partial charge in [0.2, 0.25) is 11.9 Å². The molecule has 6 nitrogen and oxygen atoms in total. The molecular weight excluding hydrogens is 383 g/mol. The molecule has 29 heavy (non-hydrogen) atoms. The highest BCUT2D eigenvalue weighted by atomic mass is 19.4. The maximum atomic E-state index is 12.7. The minimum Gasteiger partial charge on any atom is -0.351 e. The average Bonchev–Trinajstić information content (AvgIpc) is 2.63. The summed E-state index contributed by atoms with van der Waals surface area (Å²) >= 11 is 0. The molecule has 154 valence electrons. The number of hydrogen-bond acceptors (Lipinski definition) is 5. The Morgan fingerprint density at radius 2 is 1.83 bits per heavy atom. The van der Waals surface area contributed by atoms with Crippen LogP contribution in [0.3, 0.4) is 0 Å². The average molecular weight is 405 g/mol. The normalized spacial score (nSPS) is 23.9. The number of halogens is 3. The number of aromatic nitrogens is 2. The lowest BCUT2D eigenvalue weighted by Gasteiger charge is -2.37. The van der Waals surface area contributed by atoms with Crippen LogP contribution < -0.4 is 15.5 Å². The number of likely N-dealkylation sites (N-methyl/N-ethyl adjacent to an activating group) is 1. The number of alkyl halides is 3. The van der Waals surface area contributed by atoms with Crippen molar-refractivity contribution in [3.8, 4) is 0 Å². The van der Waals surface area contributed by atoms with Gasteiger partial charge in [0.25, 0.3) is 0 Å². The predicted octanol–water partition coefficient (Wildman–Crippen LogP) is 3.94. The minimum atomic E-state index is -4.31. The molecule has 1 aliphatic carbocycles. The van der Waals surface area contributed by atoms with E-state index in [1.165, 1.54) is 0 Å². The number of rotatable bonds is 3. The Morgan fingerprint density at radius 3 is 2.45 bits per heavy atom. The summed E-state index contributed by atoms with van der Waals surface area (Å²) in [6.07, 6.45) is -2.71. The van der Waals surface area contributed by atoms with Gasteiger partial charge in [-0.1, -0.05) is 12.1 Å². The van der Waals surface area contributed by atoms with Crippen molar-refractivity contribution in [2.24, 2.45) is 0 Å². The van der Waals surface area contributed by atoms with Gasteiger partial charge in [0.1, 0.15) is 11.7 Å². The van der Waals surface area contributed by atoms with Crippen LogP contribution in [-0.4, -0.2) is 35.0 Å². The van der Waals surface area contributed by atoms with Gasteiger partial charge >= 0.3 is 6.18 Å². The number of nitrogens with one attached hydrogen (secondary N) is 2. The number of amides is 1. The first-order valence-corrected chi connectivity index (χ1v) is 9.49. The van der Waals surface area contributed by atoms with Crippen LogP contribution in [0.5, 0.6) is 0 Å². The van der Waals surface area contributed by atoms with Crippen molar-refractivity contribution >= 4 is 23.4 Å². The van der Waals surface area contributed by atoms with Crippen molar-refractivity contribution in [3.05, 3.63) is 41.1 Å². The first-order chi connectivity index (χ1) is 13.6. The van der Waals surface area contributed by atoms with Gasteiger partial charge in [-0.25, -0.2) is 4.98 Å². The molecule has 1 aromatic carbocycles. The first-order valence-electron chi connectivity index (χ1n) is 9.49. The maximum absolute atomic E-state index is 12.7. The molecular formula is C20H22F3N5O. The van der Waals surface area contributed by atoms with Crippen molar-refractivity contribution in [2.75, 3.05) is 22.6 Å². The number of hydrogen-bond donors (Lipinski definition) is 2. The Labute approximate surface area is 166 Å². The van der Waals surface area contributed by atoms with E-state index in [4.69, 9.17) is 0 Å². The van der Waals surface area contributed by atoms with E-state index in [1.54, 1.807) is 12.1 Å². The zero-order valence-corrected chi connectivity index (χ0v) is 16.3. The molecule has 2 heterocycles. The monoisotopic (exact) mass is 405 g/mol. The second kappa shape index (κ2) is 6.89. The topological polar surface area (TPSA) is 70.1 Å². The van der Waals surface area contributed by atoms with E-state index in [2.05, 4.69) is 20.6 Å². The van der Waals surface area contributed by atoms with Crippen molar-refractivity contribution < 1.29 is 18.0 Å². The summed E-state index contributed by atoms with van der Waals surface area (Å²) in [5, 5.41) is 6.16. The van der Waals surface area contributed by atoms with Crippen molar-refractivity contribution in [3.63, 3.8) is 0 Å². The Kier molecular flexibility index (Phi) is 4.63. The van der Waals surface area contributed by atoms with Gasteiger partial charge in [0.05, 0.1) is 11.3 Å². The number of aryl methyl sites for hydroxylation is 1. The third kappa shape index (κ3) is 3.61. The summed E-state index contributed by atoms with van der Waals surface area (Å²) in [5.74, 6) is 1.29. The summed E-state index contributed by atoms with van der Waals surface area (Å²) in [6, 6.07) is 5.22. The van der Waals surface area contributed by atoms with E-state index < -0.39 is 11.7 Å².